The highest BCUT2D eigenvalue weighted by atomic mass is 32.1. The van der Waals surface area contributed by atoms with Crippen LogP contribution in [-0.2, 0) is 0 Å². The van der Waals surface area contributed by atoms with Crippen LogP contribution in [0.3, 0.4) is 0 Å². The van der Waals surface area contributed by atoms with E-state index in [1.165, 1.54) is 16.7 Å². The lowest BCUT2D eigenvalue weighted by Crippen LogP contribution is -2.33. The zero-order valence-electron chi connectivity index (χ0n) is 19.2. The zero-order valence-corrected chi connectivity index (χ0v) is 20.0. The normalized spacial score (nSPS) is 12.2. The molecule has 0 saturated carbocycles. The Balaban J connectivity index is 1.75. The summed E-state index contributed by atoms with van der Waals surface area (Å²) in [5.74, 6) is 6.39. The van der Waals surface area contributed by atoms with E-state index in [0.29, 0.717) is 0 Å². The Morgan fingerprint density at radius 3 is 2.57 bits per heavy atom. The predicted molar refractivity (Wildman–Crippen MR) is 135 cm³/mol. The van der Waals surface area contributed by atoms with Crippen LogP contribution in [0.2, 0.25) is 0 Å². The Labute approximate surface area is 187 Å². The monoisotopic (exact) mass is 420 g/mol. The summed E-state index contributed by atoms with van der Waals surface area (Å²) in [5.41, 5.74) is 3.90. The highest BCUT2D eigenvalue weighted by Gasteiger charge is 2.04. The van der Waals surface area contributed by atoms with Gasteiger partial charge in [0.1, 0.15) is 0 Å². The number of hydrogen-bond acceptors (Lipinski definition) is 3. The molecule has 0 atom stereocenters. The maximum Gasteiger partial charge on any atom is 0.0233 e. The van der Waals surface area contributed by atoms with Gasteiger partial charge in [0.15, 0.2) is 0 Å². The van der Waals surface area contributed by atoms with Gasteiger partial charge in [0.2, 0.25) is 0 Å². The molecule has 2 aromatic rings. The Morgan fingerprint density at radius 1 is 1.03 bits per heavy atom. The van der Waals surface area contributed by atoms with Crippen molar-refractivity contribution in [1.82, 2.24) is 9.80 Å². The third-order valence-corrected chi connectivity index (χ3v) is 5.41. The maximum absolute atomic E-state index is 3.24. The summed E-state index contributed by atoms with van der Waals surface area (Å²) in [6.07, 6.45) is 8.64. The van der Waals surface area contributed by atoms with E-state index in [0.717, 1.165) is 32.7 Å². The molecule has 0 bridgehead atoms. The molecule has 1 aromatic heterocycles. The van der Waals surface area contributed by atoms with Crippen molar-refractivity contribution in [1.29, 1.82) is 0 Å². The maximum atomic E-state index is 3.24. The Morgan fingerprint density at radius 2 is 1.87 bits per heavy atom. The van der Waals surface area contributed by atoms with Crippen molar-refractivity contribution < 1.29 is 0 Å². The van der Waals surface area contributed by atoms with Crippen LogP contribution in [0, 0.1) is 17.3 Å². The minimum absolute atomic E-state index is 0.0657. The predicted octanol–water partition coefficient (Wildman–Crippen LogP) is 6.29. The summed E-state index contributed by atoms with van der Waals surface area (Å²) in [6.45, 7) is 13.7. The van der Waals surface area contributed by atoms with E-state index in [9.17, 15) is 0 Å². The number of allylic oxidation sites excluding steroid dienone is 1. The van der Waals surface area contributed by atoms with E-state index in [2.05, 4.69) is 116 Å². The second-order valence-corrected chi connectivity index (χ2v) is 9.40. The lowest BCUT2D eigenvalue weighted by molar-refractivity contribution is 0.260. The van der Waals surface area contributed by atoms with E-state index < -0.39 is 0 Å². The first kappa shape index (κ1) is 24.2. The van der Waals surface area contributed by atoms with Crippen LogP contribution in [0.4, 0.5) is 0 Å². The molecule has 3 heteroatoms. The summed E-state index contributed by atoms with van der Waals surface area (Å²) >= 11 is 1.74. The molecule has 2 nitrogen and oxygen atoms in total. The summed E-state index contributed by atoms with van der Waals surface area (Å²) in [6, 6.07) is 10.9. The average molecular weight is 421 g/mol. The van der Waals surface area contributed by atoms with Gasteiger partial charge in [-0.15, -0.1) is 0 Å². The second kappa shape index (κ2) is 12.5. The van der Waals surface area contributed by atoms with E-state index >= 15 is 0 Å². The lowest BCUT2D eigenvalue weighted by Gasteiger charge is -2.22. The molecule has 0 saturated heterocycles. The van der Waals surface area contributed by atoms with Crippen LogP contribution in [0.25, 0.3) is 17.2 Å². The van der Waals surface area contributed by atoms with Crippen molar-refractivity contribution in [2.75, 3.05) is 39.8 Å². The van der Waals surface area contributed by atoms with Crippen molar-refractivity contribution in [2.24, 2.45) is 5.41 Å². The van der Waals surface area contributed by atoms with Gasteiger partial charge in [-0.2, -0.15) is 11.3 Å². The van der Waals surface area contributed by atoms with Gasteiger partial charge >= 0.3 is 0 Å². The lowest BCUT2D eigenvalue weighted by atomic mass is 9.98. The second-order valence-electron chi connectivity index (χ2n) is 8.62. The molecule has 0 fully saturated rings. The zero-order chi connectivity index (χ0) is 21.8. The highest BCUT2D eigenvalue weighted by molar-refractivity contribution is 7.08. The topological polar surface area (TPSA) is 6.48 Å². The van der Waals surface area contributed by atoms with Gasteiger partial charge in [0, 0.05) is 31.6 Å². The number of hydrogen-bond donors (Lipinski definition) is 0. The summed E-state index contributed by atoms with van der Waals surface area (Å²) < 4.78 is 0. The summed E-state index contributed by atoms with van der Waals surface area (Å²) in [4.78, 5) is 4.81. The molecule has 0 unspecified atom stereocenters. The Bertz CT molecular complexity index is 860. The fraction of sp³-hybridized carbons (Fsp3) is 0.407. The first-order valence-corrected chi connectivity index (χ1v) is 11.7. The van der Waals surface area contributed by atoms with Crippen molar-refractivity contribution in [2.45, 2.75) is 27.7 Å². The van der Waals surface area contributed by atoms with Crippen LogP contribution in [-0.4, -0.2) is 49.6 Å². The molecule has 1 aromatic carbocycles. The van der Waals surface area contributed by atoms with Gasteiger partial charge < -0.3 is 4.90 Å². The SMILES string of the molecule is CCN(C/C=C/C#CC(C)(C)C)CCN(C)C/C=C/c1cccc(-c2ccsc2)c1. The first-order valence-electron chi connectivity index (χ1n) is 10.7. The van der Waals surface area contributed by atoms with E-state index in [-0.39, 0.29) is 5.41 Å². The third-order valence-electron chi connectivity index (χ3n) is 4.73. The molecule has 0 N–H and O–H groups in total. The van der Waals surface area contributed by atoms with Crippen molar-refractivity contribution >= 4 is 17.4 Å². The molecule has 1 heterocycles. The van der Waals surface area contributed by atoms with Crippen molar-refractivity contribution in [3.8, 4) is 23.0 Å². The number of nitrogens with zero attached hydrogens (tertiary/aromatic N) is 2. The molecule has 0 amide bonds. The minimum atomic E-state index is 0.0657. The van der Waals surface area contributed by atoms with Crippen LogP contribution in [0.15, 0.2) is 59.3 Å². The number of rotatable bonds is 10. The molecule has 30 heavy (non-hydrogen) atoms. The average Bonchev–Trinajstić information content (AvgIpc) is 3.24. The molecular weight excluding hydrogens is 384 g/mol. The van der Waals surface area contributed by atoms with E-state index in [4.69, 9.17) is 0 Å². The van der Waals surface area contributed by atoms with Crippen LogP contribution in [0.1, 0.15) is 33.3 Å². The third kappa shape index (κ3) is 9.59. The van der Waals surface area contributed by atoms with Gasteiger partial charge in [-0.3, -0.25) is 4.90 Å². The van der Waals surface area contributed by atoms with Crippen LogP contribution in [0.5, 0.6) is 0 Å². The Hall–Kier alpha value is -2.12. The quantitative estimate of drug-likeness (QED) is 0.417. The molecule has 0 aliphatic carbocycles. The van der Waals surface area contributed by atoms with Crippen molar-refractivity contribution in [3.05, 3.63) is 64.9 Å². The van der Waals surface area contributed by atoms with Gasteiger partial charge in [-0.25, -0.2) is 0 Å². The van der Waals surface area contributed by atoms with Gasteiger partial charge in [-0.1, -0.05) is 55.2 Å². The van der Waals surface area contributed by atoms with Gasteiger partial charge in [0.05, 0.1) is 0 Å². The molecule has 0 spiro atoms. The molecule has 160 valence electrons. The first-order chi connectivity index (χ1) is 14.4. The molecule has 2 rings (SSSR count). The summed E-state index contributed by atoms with van der Waals surface area (Å²) in [5, 5.41) is 4.32. The number of likely N-dealkylation sites (N-methyl/N-ethyl adjacent to an activating group) is 2. The van der Waals surface area contributed by atoms with Crippen LogP contribution < -0.4 is 0 Å². The molecule has 0 aliphatic rings. The van der Waals surface area contributed by atoms with E-state index in [1.807, 2.05) is 6.08 Å². The van der Waals surface area contributed by atoms with Crippen molar-refractivity contribution in [3.63, 3.8) is 0 Å². The molecular formula is C27H36N2S. The standard InChI is InChI=1S/C27H36N2S/c1-6-29(18-9-7-8-16-27(2,3)4)20-19-28(5)17-11-13-24-12-10-14-25(22-24)26-15-21-30-23-26/h7,9-15,21-23H,6,17-20H2,1-5H3/b9-7+,13-11+. The number of thiophene rings is 1. The number of benzene rings is 1. The minimum Gasteiger partial charge on any atom is -0.301 e. The fourth-order valence-electron chi connectivity index (χ4n) is 2.92. The van der Waals surface area contributed by atoms with Gasteiger partial charge in [-0.05, 0) is 80.0 Å². The Kier molecular flexibility index (Phi) is 10.1. The highest BCUT2D eigenvalue weighted by Crippen LogP contribution is 2.23. The summed E-state index contributed by atoms with van der Waals surface area (Å²) in [7, 11) is 2.19. The van der Waals surface area contributed by atoms with Crippen LogP contribution >= 0.6 is 11.3 Å². The van der Waals surface area contributed by atoms with Gasteiger partial charge in [0.25, 0.3) is 0 Å². The molecule has 0 radical (unpaired) electrons. The fourth-order valence-corrected chi connectivity index (χ4v) is 3.59. The smallest absolute Gasteiger partial charge is 0.0233 e. The van der Waals surface area contributed by atoms with E-state index in [1.54, 1.807) is 11.3 Å². The molecule has 0 aliphatic heterocycles. The largest absolute Gasteiger partial charge is 0.301 e.